The molecule has 2 rings (SSSR count). The molecule has 1 amide bonds. The second kappa shape index (κ2) is 6.02. The summed E-state index contributed by atoms with van der Waals surface area (Å²) in [7, 11) is 0. The van der Waals surface area contributed by atoms with Crippen LogP contribution in [0.4, 0.5) is 0 Å². The highest BCUT2D eigenvalue weighted by molar-refractivity contribution is 8.00. The molecule has 0 aromatic carbocycles. The van der Waals surface area contributed by atoms with E-state index in [1.165, 1.54) is 11.8 Å². The summed E-state index contributed by atoms with van der Waals surface area (Å²) in [6, 6.07) is 3.80. The summed E-state index contributed by atoms with van der Waals surface area (Å²) in [5.74, 6) is 0.610. The maximum Gasteiger partial charge on any atom is 0.232 e. The third-order valence-corrected chi connectivity index (χ3v) is 3.83. The number of rotatable bonds is 3. The molecule has 92 valence electrons. The first-order valence-corrected chi connectivity index (χ1v) is 6.73. The third kappa shape index (κ3) is 3.71. The number of aromatic nitrogens is 1. The fourth-order valence-corrected chi connectivity index (χ4v) is 2.57. The van der Waals surface area contributed by atoms with Crippen molar-refractivity contribution < 1.29 is 9.90 Å². The molecule has 0 aliphatic carbocycles. The monoisotopic (exact) mass is 252 g/mol. The van der Waals surface area contributed by atoms with Crippen molar-refractivity contribution in [2.24, 2.45) is 0 Å². The molecule has 0 radical (unpaired) electrons. The molecule has 0 spiro atoms. The summed E-state index contributed by atoms with van der Waals surface area (Å²) in [5.41, 5.74) is 0. The Kier molecular flexibility index (Phi) is 4.39. The minimum atomic E-state index is -0.230. The van der Waals surface area contributed by atoms with Crippen molar-refractivity contribution in [1.29, 1.82) is 0 Å². The van der Waals surface area contributed by atoms with Crippen LogP contribution in [0.15, 0.2) is 29.4 Å². The predicted octanol–water partition coefficient (Wildman–Crippen LogP) is 1.16. The van der Waals surface area contributed by atoms with Crippen molar-refractivity contribution in [2.45, 2.75) is 23.8 Å². The number of nitrogens with zero attached hydrogens (tertiary/aromatic N) is 2. The van der Waals surface area contributed by atoms with Crippen LogP contribution >= 0.6 is 11.8 Å². The standard InChI is InChI=1S/C12H16N2O2S/c15-10-3-7-14(8-4-10)12(16)9-17-11-1-5-13-6-2-11/h1-2,5-6,10,15H,3-4,7-9H2. The maximum absolute atomic E-state index is 11.9. The minimum Gasteiger partial charge on any atom is -0.393 e. The van der Waals surface area contributed by atoms with Gasteiger partial charge >= 0.3 is 0 Å². The molecule has 1 aliphatic rings. The van der Waals surface area contributed by atoms with Crippen LogP contribution in [-0.4, -0.2) is 45.8 Å². The van der Waals surface area contributed by atoms with Crippen molar-refractivity contribution in [2.75, 3.05) is 18.8 Å². The first kappa shape index (κ1) is 12.4. The smallest absolute Gasteiger partial charge is 0.232 e. The molecular weight excluding hydrogens is 236 g/mol. The van der Waals surface area contributed by atoms with Gasteiger partial charge in [0, 0.05) is 30.4 Å². The van der Waals surface area contributed by atoms with Crippen molar-refractivity contribution in [3.05, 3.63) is 24.5 Å². The molecule has 5 heteroatoms. The van der Waals surface area contributed by atoms with E-state index >= 15 is 0 Å². The Balaban J connectivity index is 1.78. The van der Waals surface area contributed by atoms with Gasteiger partial charge in [-0.2, -0.15) is 0 Å². The van der Waals surface area contributed by atoms with Gasteiger partial charge in [0.2, 0.25) is 5.91 Å². The Morgan fingerprint density at radius 3 is 2.71 bits per heavy atom. The summed E-state index contributed by atoms with van der Waals surface area (Å²) in [4.78, 5) is 18.7. The van der Waals surface area contributed by atoms with Crippen LogP contribution in [0.2, 0.25) is 0 Å². The fraction of sp³-hybridized carbons (Fsp3) is 0.500. The number of likely N-dealkylation sites (tertiary alicyclic amines) is 1. The molecule has 4 nitrogen and oxygen atoms in total. The Morgan fingerprint density at radius 2 is 2.06 bits per heavy atom. The van der Waals surface area contributed by atoms with Crippen LogP contribution in [0.1, 0.15) is 12.8 Å². The SMILES string of the molecule is O=C(CSc1ccncc1)N1CCC(O)CC1. The Morgan fingerprint density at radius 1 is 1.41 bits per heavy atom. The van der Waals surface area contributed by atoms with Crippen molar-refractivity contribution >= 4 is 17.7 Å². The first-order chi connectivity index (χ1) is 8.25. The average Bonchev–Trinajstić information content (AvgIpc) is 2.38. The topological polar surface area (TPSA) is 53.4 Å². The molecular formula is C12H16N2O2S. The van der Waals surface area contributed by atoms with E-state index in [1.807, 2.05) is 17.0 Å². The van der Waals surface area contributed by atoms with Crippen molar-refractivity contribution in [3.8, 4) is 0 Å². The zero-order valence-electron chi connectivity index (χ0n) is 9.58. The fourth-order valence-electron chi connectivity index (χ4n) is 1.79. The number of hydrogen-bond donors (Lipinski definition) is 1. The number of aliphatic hydroxyl groups is 1. The zero-order valence-corrected chi connectivity index (χ0v) is 10.4. The van der Waals surface area contributed by atoms with Crippen molar-refractivity contribution in [3.63, 3.8) is 0 Å². The van der Waals surface area contributed by atoms with Gasteiger partial charge in [-0.05, 0) is 25.0 Å². The molecule has 0 bridgehead atoms. The van der Waals surface area contributed by atoms with E-state index < -0.39 is 0 Å². The highest BCUT2D eigenvalue weighted by atomic mass is 32.2. The number of pyridine rings is 1. The largest absolute Gasteiger partial charge is 0.393 e. The molecule has 0 unspecified atom stereocenters. The van der Waals surface area contributed by atoms with Gasteiger partial charge in [-0.3, -0.25) is 9.78 Å². The number of carbonyl (C=O) groups excluding carboxylic acids is 1. The minimum absolute atomic E-state index is 0.152. The molecule has 1 aromatic rings. The second-order valence-corrected chi connectivity index (χ2v) is 5.13. The van der Waals surface area contributed by atoms with Gasteiger partial charge in [0.1, 0.15) is 0 Å². The molecule has 2 heterocycles. The Hall–Kier alpha value is -1.07. The lowest BCUT2D eigenvalue weighted by molar-refractivity contribution is -0.130. The summed E-state index contributed by atoms with van der Waals surface area (Å²) < 4.78 is 0. The Labute approximate surface area is 105 Å². The number of hydrogen-bond acceptors (Lipinski definition) is 4. The lowest BCUT2D eigenvalue weighted by Gasteiger charge is -2.29. The molecule has 1 aromatic heterocycles. The van der Waals surface area contributed by atoms with Gasteiger partial charge < -0.3 is 10.0 Å². The van der Waals surface area contributed by atoms with Crippen LogP contribution < -0.4 is 0 Å². The summed E-state index contributed by atoms with van der Waals surface area (Å²) in [6.07, 6.45) is 4.62. The quantitative estimate of drug-likeness (QED) is 0.820. The lowest BCUT2D eigenvalue weighted by atomic mass is 10.1. The van der Waals surface area contributed by atoms with E-state index in [0.717, 1.165) is 4.90 Å². The molecule has 17 heavy (non-hydrogen) atoms. The number of amides is 1. The molecule has 1 aliphatic heterocycles. The van der Waals surface area contributed by atoms with E-state index in [2.05, 4.69) is 4.98 Å². The van der Waals surface area contributed by atoms with Crippen LogP contribution in [0.3, 0.4) is 0 Å². The van der Waals surface area contributed by atoms with Crippen molar-refractivity contribution in [1.82, 2.24) is 9.88 Å². The molecule has 1 N–H and O–H groups in total. The molecule has 0 saturated carbocycles. The number of thioether (sulfide) groups is 1. The average molecular weight is 252 g/mol. The van der Waals surface area contributed by atoms with Gasteiger partial charge in [-0.15, -0.1) is 11.8 Å². The molecule has 1 saturated heterocycles. The maximum atomic E-state index is 11.9. The normalized spacial score (nSPS) is 17.1. The predicted molar refractivity (Wildman–Crippen MR) is 66.8 cm³/mol. The van der Waals surface area contributed by atoms with Gasteiger partial charge in [0.05, 0.1) is 11.9 Å². The van der Waals surface area contributed by atoms with Crippen LogP contribution in [-0.2, 0) is 4.79 Å². The van der Waals surface area contributed by atoms with Gasteiger partial charge in [-0.25, -0.2) is 0 Å². The third-order valence-electron chi connectivity index (χ3n) is 2.83. The van der Waals surface area contributed by atoms with E-state index in [-0.39, 0.29) is 12.0 Å². The summed E-state index contributed by atoms with van der Waals surface area (Å²) in [5, 5.41) is 9.37. The van der Waals surface area contributed by atoms with Crippen LogP contribution in [0.25, 0.3) is 0 Å². The number of piperidine rings is 1. The highest BCUT2D eigenvalue weighted by Crippen LogP contribution is 2.18. The summed E-state index contributed by atoms with van der Waals surface area (Å²) in [6.45, 7) is 1.35. The lowest BCUT2D eigenvalue weighted by Crippen LogP contribution is -2.40. The van der Waals surface area contributed by atoms with Crippen LogP contribution in [0, 0.1) is 0 Å². The molecule has 1 fully saturated rings. The number of aliphatic hydroxyl groups excluding tert-OH is 1. The molecule has 0 atom stereocenters. The zero-order chi connectivity index (χ0) is 12.1. The Bertz CT molecular complexity index is 364. The van der Waals surface area contributed by atoms with E-state index in [0.29, 0.717) is 31.7 Å². The first-order valence-electron chi connectivity index (χ1n) is 5.74. The summed E-state index contributed by atoms with van der Waals surface area (Å²) >= 11 is 1.53. The van der Waals surface area contributed by atoms with E-state index in [9.17, 15) is 9.90 Å². The number of carbonyl (C=O) groups is 1. The van der Waals surface area contributed by atoms with E-state index in [4.69, 9.17) is 0 Å². The second-order valence-electron chi connectivity index (χ2n) is 4.08. The highest BCUT2D eigenvalue weighted by Gasteiger charge is 2.20. The van der Waals surface area contributed by atoms with Gasteiger partial charge in [-0.1, -0.05) is 0 Å². The van der Waals surface area contributed by atoms with Gasteiger partial charge in [0.15, 0.2) is 0 Å². The van der Waals surface area contributed by atoms with E-state index in [1.54, 1.807) is 12.4 Å². The van der Waals surface area contributed by atoms with Crippen LogP contribution in [0.5, 0.6) is 0 Å². The van der Waals surface area contributed by atoms with Gasteiger partial charge in [0.25, 0.3) is 0 Å².